The number of rotatable bonds is 5. The number of hydrogen-bond donors (Lipinski definition) is 0. The van der Waals surface area contributed by atoms with Crippen molar-refractivity contribution in [2.45, 2.75) is 19.3 Å². The van der Waals surface area contributed by atoms with E-state index in [1.165, 1.54) is 32.4 Å². The third-order valence-corrected chi connectivity index (χ3v) is 4.05. The summed E-state index contributed by atoms with van der Waals surface area (Å²) in [5.41, 5.74) is 0.787. The summed E-state index contributed by atoms with van der Waals surface area (Å²) in [5, 5.41) is 0. The highest BCUT2D eigenvalue weighted by Gasteiger charge is 2.19. The summed E-state index contributed by atoms with van der Waals surface area (Å²) in [4.78, 5) is 14.7. The maximum atomic E-state index is 12.3. The van der Waals surface area contributed by atoms with Gasteiger partial charge in [-0.1, -0.05) is 42.7 Å². The minimum absolute atomic E-state index is 0.184. The first-order valence-corrected chi connectivity index (χ1v) is 8.15. The van der Waals surface area contributed by atoms with Crippen LogP contribution in [0.25, 0.3) is 0 Å². The van der Waals surface area contributed by atoms with Crippen molar-refractivity contribution in [2.24, 2.45) is 0 Å². The lowest BCUT2D eigenvalue weighted by molar-refractivity contribution is -0.874. The molecular formula is C19H27N2O+. The topological polar surface area (TPSA) is 20.3 Å². The second kappa shape index (κ2) is 8.12. The summed E-state index contributed by atoms with van der Waals surface area (Å²) in [5.74, 6) is 6.72. The predicted octanol–water partition coefficient (Wildman–Crippen LogP) is 2.44. The Morgan fingerprint density at radius 2 is 1.77 bits per heavy atom. The summed E-state index contributed by atoms with van der Waals surface area (Å²) in [6.45, 7) is 4.43. The minimum Gasteiger partial charge on any atom is -0.312 e. The summed E-state index contributed by atoms with van der Waals surface area (Å²) in [6.07, 6.45) is 3.96. The Balaban J connectivity index is 1.79. The summed E-state index contributed by atoms with van der Waals surface area (Å²) in [6, 6.07) is 9.51. The largest absolute Gasteiger partial charge is 0.312 e. The average Bonchev–Trinajstić information content (AvgIpc) is 2.53. The first kappa shape index (κ1) is 16.7. The highest BCUT2D eigenvalue weighted by molar-refractivity contribution is 5.96. The lowest BCUT2D eigenvalue weighted by Crippen LogP contribution is -2.44. The van der Waals surface area contributed by atoms with E-state index in [1.54, 1.807) is 0 Å². The number of hydrogen-bond acceptors (Lipinski definition) is 2. The molecule has 0 amide bonds. The zero-order chi connectivity index (χ0) is 15.8. The van der Waals surface area contributed by atoms with Gasteiger partial charge in [-0.3, -0.25) is 9.69 Å². The van der Waals surface area contributed by atoms with Crippen LogP contribution in [0.1, 0.15) is 29.6 Å². The van der Waals surface area contributed by atoms with Crippen LogP contribution in [0.4, 0.5) is 0 Å². The van der Waals surface area contributed by atoms with Gasteiger partial charge < -0.3 is 4.48 Å². The second-order valence-electron chi connectivity index (χ2n) is 6.73. The van der Waals surface area contributed by atoms with Gasteiger partial charge in [-0.15, -0.1) is 0 Å². The molecule has 0 N–H and O–H groups in total. The SMILES string of the molecule is C[N+](C)(CC#CCN1CCCCC1)CC(=O)c1ccccc1. The molecule has 1 aliphatic heterocycles. The summed E-state index contributed by atoms with van der Waals surface area (Å²) < 4.78 is 0.612. The fourth-order valence-corrected chi connectivity index (χ4v) is 2.72. The van der Waals surface area contributed by atoms with Crippen molar-refractivity contribution in [3.63, 3.8) is 0 Å². The van der Waals surface area contributed by atoms with Gasteiger partial charge in [0.15, 0.2) is 0 Å². The quantitative estimate of drug-likeness (QED) is 0.473. The number of carbonyl (C=O) groups is 1. The monoisotopic (exact) mass is 299 g/mol. The molecule has 1 saturated heterocycles. The number of likely N-dealkylation sites (tertiary alicyclic amines) is 1. The van der Waals surface area contributed by atoms with E-state index < -0.39 is 0 Å². The molecule has 1 aromatic rings. The van der Waals surface area contributed by atoms with Crippen LogP contribution in [0.15, 0.2) is 30.3 Å². The van der Waals surface area contributed by atoms with E-state index in [1.807, 2.05) is 30.3 Å². The van der Waals surface area contributed by atoms with Crippen molar-refractivity contribution in [3.05, 3.63) is 35.9 Å². The molecule has 3 heteroatoms. The molecule has 118 valence electrons. The first-order valence-electron chi connectivity index (χ1n) is 8.15. The van der Waals surface area contributed by atoms with Crippen LogP contribution in [0.3, 0.4) is 0 Å². The number of benzene rings is 1. The number of piperidine rings is 1. The van der Waals surface area contributed by atoms with Gasteiger partial charge in [0.2, 0.25) is 5.78 Å². The van der Waals surface area contributed by atoms with Crippen LogP contribution in [0, 0.1) is 11.8 Å². The molecule has 1 aliphatic rings. The van der Waals surface area contributed by atoms with Crippen LogP contribution in [-0.2, 0) is 0 Å². The normalized spacial score (nSPS) is 15.9. The first-order chi connectivity index (χ1) is 10.6. The molecule has 22 heavy (non-hydrogen) atoms. The molecule has 0 spiro atoms. The van der Waals surface area contributed by atoms with Crippen molar-refractivity contribution in [1.29, 1.82) is 0 Å². The summed E-state index contributed by atoms with van der Waals surface area (Å²) in [7, 11) is 4.13. The van der Waals surface area contributed by atoms with Gasteiger partial charge in [-0.25, -0.2) is 0 Å². The number of quaternary nitrogens is 1. The Hall–Kier alpha value is -1.63. The third kappa shape index (κ3) is 5.63. The third-order valence-electron chi connectivity index (χ3n) is 4.05. The van der Waals surface area contributed by atoms with Gasteiger partial charge in [0.05, 0.1) is 20.6 Å². The Morgan fingerprint density at radius 1 is 1.09 bits per heavy atom. The van der Waals surface area contributed by atoms with Crippen molar-refractivity contribution < 1.29 is 9.28 Å². The fourth-order valence-electron chi connectivity index (χ4n) is 2.72. The number of carbonyl (C=O) groups excluding carboxylic acids is 1. The van der Waals surface area contributed by atoms with Crippen molar-refractivity contribution >= 4 is 5.78 Å². The minimum atomic E-state index is 0.184. The zero-order valence-electron chi connectivity index (χ0n) is 13.8. The molecule has 0 aromatic heterocycles. The number of Topliss-reactive ketones (excluding diaryl/α,β-unsaturated/α-hetero) is 1. The van der Waals surface area contributed by atoms with Crippen LogP contribution >= 0.6 is 0 Å². The maximum Gasteiger partial charge on any atom is 0.216 e. The maximum absolute atomic E-state index is 12.3. The van der Waals surface area contributed by atoms with E-state index in [0.717, 1.165) is 12.1 Å². The zero-order valence-corrected chi connectivity index (χ0v) is 13.8. The van der Waals surface area contributed by atoms with Gasteiger partial charge in [-0.05, 0) is 31.9 Å². The van der Waals surface area contributed by atoms with Gasteiger partial charge >= 0.3 is 0 Å². The van der Waals surface area contributed by atoms with Gasteiger partial charge in [0, 0.05) is 5.56 Å². The Morgan fingerprint density at radius 3 is 2.45 bits per heavy atom. The molecule has 1 aromatic carbocycles. The lowest BCUT2D eigenvalue weighted by Gasteiger charge is -2.26. The molecule has 0 aliphatic carbocycles. The standard InChI is InChI=1S/C19H27N2O/c1-21(2,17-19(22)18-11-5-3-6-12-18)16-10-9-15-20-13-7-4-8-14-20/h3,5-6,11-12H,4,7-8,13-17H2,1-2H3/q+1. The van der Waals surface area contributed by atoms with E-state index in [9.17, 15) is 4.79 Å². The highest BCUT2D eigenvalue weighted by Crippen LogP contribution is 2.07. The van der Waals surface area contributed by atoms with Crippen LogP contribution < -0.4 is 0 Å². The Bertz CT molecular complexity index is 534. The molecule has 1 fully saturated rings. The smallest absolute Gasteiger partial charge is 0.216 e. The van der Waals surface area contributed by atoms with E-state index in [4.69, 9.17) is 0 Å². The average molecular weight is 299 g/mol. The predicted molar refractivity (Wildman–Crippen MR) is 90.7 cm³/mol. The number of likely N-dealkylation sites (N-methyl/N-ethyl adjacent to an activating group) is 1. The molecule has 2 rings (SSSR count). The Labute approximate surface area is 134 Å². The van der Waals surface area contributed by atoms with E-state index in [-0.39, 0.29) is 5.78 Å². The van der Waals surface area contributed by atoms with Crippen molar-refractivity contribution in [3.8, 4) is 11.8 Å². The molecule has 0 unspecified atom stereocenters. The highest BCUT2D eigenvalue weighted by atomic mass is 16.1. The second-order valence-corrected chi connectivity index (χ2v) is 6.73. The van der Waals surface area contributed by atoms with Crippen LogP contribution in [-0.4, -0.2) is 62.0 Å². The molecule has 0 radical (unpaired) electrons. The fraction of sp³-hybridized carbons (Fsp3) is 0.526. The van der Waals surface area contributed by atoms with Crippen LogP contribution in [0.2, 0.25) is 0 Å². The Kier molecular flexibility index (Phi) is 6.18. The number of nitrogens with zero attached hydrogens (tertiary/aromatic N) is 2. The lowest BCUT2D eigenvalue weighted by atomic mass is 10.1. The van der Waals surface area contributed by atoms with E-state index >= 15 is 0 Å². The van der Waals surface area contributed by atoms with Crippen molar-refractivity contribution in [1.82, 2.24) is 4.90 Å². The van der Waals surface area contributed by atoms with Crippen molar-refractivity contribution in [2.75, 3.05) is 46.8 Å². The molecule has 1 heterocycles. The molecular weight excluding hydrogens is 272 g/mol. The van der Waals surface area contributed by atoms with Gasteiger partial charge in [-0.2, -0.15) is 0 Å². The molecule has 0 saturated carbocycles. The van der Waals surface area contributed by atoms with Gasteiger partial charge in [0.25, 0.3) is 0 Å². The van der Waals surface area contributed by atoms with Crippen LogP contribution in [0.5, 0.6) is 0 Å². The molecule has 3 nitrogen and oxygen atoms in total. The van der Waals surface area contributed by atoms with E-state index in [0.29, 0.717) is 17.6 Å². The molecule has 0 bridgehead atoms. The van der Waals surface area contributed by atoms with E-state index in [2.05, 4.69) is 30.8 Å². The molecule has 0 atom stereocenters. The number of ketones is 1. The van der Waals surface area contributed by atoms with Gasteiger partial charge in [0.1, 0.15) is 13.1 Å². The summed E-state index contributed by atoms with van der Waals surface area (Å²) >= 11 is 0.